The van der Waals surface area contributed by atoms with Gasteiger partial charge in [0.25, 0.3) is 11.4 Å². The van der Waals surface area contributed by atoms with Crippen LogP contribution in [0.25, 0.3) is 15.7 Å². The van der Waals surface area contributed by atoms with Crippen LogP contribution in [0.4, 0.5) is 0 Å². The lowest BCUT2D eigenvalue weighted by atomic mass is 10.4. The molecule has 4 aromatic heterocycles. The number of aromatic nitrogens is 5. The molecule has 0 unspecified atom stereocenters. The Labute approximate surface area is 163 Å². The van der Waals surface area contributed by atoms with Crippen LogP contribution in [0.1, 0.15) is 29.9 Å². The fraction of sp³-hybridized carbons (Fsp3) is 0.353. The zero-order valence-electron chi connectivity index (χ0n) is 15.0. The molecule has 0 aliphatic heterocycles. The molecular formula is C17H18N6O2S2. The van der Waals surface area contributed by atoms with E-state index in [0.717, 1.165) is 22.9 Å². The van der Waals surface area contributed by atoms with Crippen molar-refractivity contribution in [1.29, 1.82) is 0 Å². The number of hydrogen-bond acceptors (Lipinski definition) is 9. The summed E-state index contributed by atoms with van der Waals surface area (Å²) >= 11 is 3.00. The molecular weight excluding hydrogens is 384 g/mol. The van der Waals surface area contributed by atoms with E-state index in [2.05, 4.69) is 32.1 Å². The maximum absolute atomic E-state index is 12.1. The van der Waals surface area contributed by atoms with Crippen LogP contribution in [0.15, 0.2) is 32.8 Å². The van der Waals surface area contributed by atoms with Gasteiger partial charge in [-0.15, -0.1) is 21.5 Å². The predicted octanol–water partition coefficient (Wildman–Crippen LogP) is 2.98. The third-order valence-corrected chi connectivity index (χ3v) is 5.62. The van der Waals surface area contributed by atoms with Crippen molar-refractivity contribution in [1.82, 2.24) is 29.7 Å². The van der Waals surface area contributed by atoms with E-state index in [1.54, 1.807) is 11.3 Å². The van der Waals surface area contributed by atoms with E-state index < -0.39 is 0 Å². The summed E-state index contributed by atoms with van der Waals surface area (Å²) in [7, 11) is 0. The van der Waals surface area contributed by atoms with Gasteiger partial charge in [-0.1, -0.05) is 24.3 Å². The van der Waals surface area contributed by atoms with Gasteiger partial charge in [0.1, 0.15) is 5.01 Å². The first-order valence-corrected chi connectivity index (χ1v) is 10.3. The topological polar surface area (TPSA) is 89.4 Å². The van der Waals surface area contributed by atoms with E-state index >= 15 is 0 Å². The van der Waals surface area contributed by atoms with E-state index in [1.165, 1.54) is 21.9 Å². The smallest absolute Gasteiger partial charge is 0.275 e. The van der Waals surface area contributed by atoms with Gasteiger partial charge in [0.2, 0.25) is 10.9 Å². The second kappa shape index (κ2) is 7.67. The summed E-state index contributed by atoms with van der Waals surface area (Å²) in [5, 5.41) is 15.5. The van der Waals surface area contributed by atoms with Gasteiger partial charge in [0, 0.05) is 11.8 Å². The summed E-state index contributed by atoms with van der Waals surface area (Å²) in [6, 6.07) is 5.41. The van der Waals surface area contributed by atoms with Crippen molar-refractivity contribution < 1.29 is 4.42 Å². The summed E-state index contributed by atoms with van der Waals surface area (Å²) in [5.41, 5.74) is 0.548. The Morgan fingerprint density at radius 3 is 2.96 bits per heavy atom. The highest BCUT2D eigenvalue weighted by Gasteiger charge is 2.16. The van der Waals surface area contributed by atoms with Crippen molar-refractivity contribution in [2.45, 2.75) is 33.4 Å². The Morgan fingerprint density at radius 2 is 2.19 bits per heavy atom. The quantitative estimate of drug-likeness (QED) is 0.469. The maximum atomic E-state index is 12.1. The second-order valence-electron chi connectivity index (χ2n) is 6.11. The van der Waals surface area contributed by atoms with Gasteiger partial charge in [-0.3, -0.25) is 9.69 Å². The van der Waals surface area contributed by atoms with Gasteiger partial charge in [-0.2, -0.15) is 9.61 Å². The molecule has 140 valence electrons. The van der Waals surface area contributed by atoms with Crippen molar-refractivity contribution >= 4 is 27.6 Å². The van der Waals surface area contributed by atoms with Crippen LogP contribution in [0.2, 0.25) is 0 Å². The standard InChI is InChI=1S/C17H18N6O2S2/c1-3-6-22(9-13-19-20-16(25-13)12-5-4-7-26-12)10-14-21-23-15(24)8-11(2)18-17(23)27-14/h4-5,7-8H,3,6,9-10H2,1-2H3. The molecule has 0 aliphatic rings. The van der Waals surface area contributed by atoms with E-state index in [-0.39, 0.29) is 5.56 Å². The molecule has 4 aromatic rings. The Hall–Kier alpha value is -2.43. The van der Waals surface area contributed by atoms with Crippen molar-refractivity contribution in [2.75, 3.05) is 6.54 Å². The van der Waals surface area contributed by atoms with Gasteiger partial charge in [-0.05, 0) is 31.3 Å². The van der Waals surface area contributed by atoms with Crippen LogP contribution in [-0.4, -0.2) is 36.2 Å². The minimum atomic E-state index is -0.153. The first kappa shape index (κ1) is 18.0. The number of fused-ring (bicyclic) bond motifs is 1. The number of hydrogen-bond donors (Lipinski definition) is 0. The molecule has 0 atom stereocenters. The molecule has 0 saturated carbocycles. The zero-order valence-corrected chi connectivity index (χ0v) is 16.6. The molecule has 0 amide bonds. The predicted molar refractivity (Wildman–Crippen MR) is 104 cm³/mol. The second-order valence-corrected chi connectivity index (χ2v) is 8.10. The van der Waals surface area contributed by atoms with E-state index in [4.69, 9.17) is 4.42 Å². The highest BCUT2D eigenvalue weighted by molar-refractivity contribution is 7.16. The van der Waals surface area contributed by atoms with Crippen molar-refractivity contribution in [3.63, 3.8) is 0 Å². The van der Waals surface area contributed by atoms with Gasteiger partial charge in [0.05, 0.1) is 18.0 Å². The third-order valence-electron chi connectivity index (χ3n) is 3.87. The SMILES string of the molecule is CCCN(Cc1nnc(-c2cccs2)o1)Cc1nn2c(=O)cc(C)nc2s1. The van der Waals surface area contributed by atoms with Gasteiger partial charge in [0.15, 0.2) is 0 Å². The minimum Gasteiger partial charge on any atom is -0.419 e. The number of rotatable bonds is 7. The van der Waals surface area contributed by atoms with E-state index in [9.17, 15) is 4.79 Å². The summed E-state index contributed by atoms with van der Waals surface area (Å²) in [5.74, 6) is 1.11. The Balaban J connectivity index is 1.53. The first-order valence-electron chi connectivity index (χ1n) is 8.57. The number of aryl methyl sites for hydroxylation is 1. The van der Waals surface area contributed by atoms with Crippen molar-refractivity contribution in [2.24, 2.45) is 0 Å². The van der Waals surface area contributed by atoms with Crippen LogP contribution in [-0.2, 0) is 13.1 Å². The molecule has 4 heterocycles. The molecule has 8 nitrogen and oxygen atoms in total. The number of nitrogens with zero attached hydrogens (tertiary/aromatic N) is 6. The molecule has 0 saturated heterocycles. The van der Waals surface area contributed by atoms with Crippen LogP contribution < -0.4 is 5.56 Å². The monoisotopic (exact) mass is 402 g/mol. The lowest BCUT2D eigenvalue weighted by molar-refractivity contribution is 0.231. The average molecular weight is 403 g/mol. The van der Waals surface area contributed by atoms with Crippen molar-refractivity contribution in [3.8, 4) is 10.8 Å². The molecule has 0 spiro atoms. The Bertz CT molecular complexity index is 1100. The first-order chi connectivity index (χ1) is 13.1. The van der Waals surface area contributed by atoms with Crippen LogP contribution in [0, 0.1) is 6.92 Å². The largest absolute Gasteiger partial charge is 0.419 e. The normalized spacial score (nSPS) is 11.7. The Morgan fingerprint density at radius 1 is 1.30 bits per heavy atom. The Kier molecular flexibility index (Phi) is 5.10. The maximum Gasteiger partial charge on any atom is 0.275 e. The highest BCUT2D eigenvalue weighted by atomic mass is 32.1. The van der Waals surface area contributed by atoms with Crippen molar-refractivity contribution in [3.05, 3.63) is 50.5 Å². The average Bonchev–Trinajstić information content (AvgIpc) is 3.34. The lowest BCUT2D eigenvalue weighted by Gasteiger charge is -2.17. The van der Waals surface area contributed by atoms with Gasteiger partial charge < -0.3 is 4.42 Å². The third kappa shape index (κ3) is 3.97. The minimum absolute atomic E-state index is 0.153. The molecule has 27 heavy (non-hydrogen) atoms. The summed E-state index contributed by atoms with van der Waals surface area (Å²) < 4.78 is 7.16. The molecule has 0 radical (unpaired) electrons. The molecule has 4 rings (SSSR count). The molecule has 0 N–H and O–H groups in total. The lowest BCUT2D eigenvalue weighted by Crippen LogP contribution is -2.24. The number of thiophene rings is 1. The van der Waals surface area contributed by atoms with E-state index in [0.29, 0.717) is 35.5 Å². The van der Waals surface area contributed by atoms with E-state index in [1.807, 2.05) is 24.4 Å². The van der Waals surface area contributed by atoms with Gasteiger partial charge >= 0.3 is 0 Å². The highest BCUT2D eigenvalue weighted by Crippen LogP contribution is 2.23. The van der Waals surface area contributed by atoms with Gasteiger partial charge in [-0.25, -0.2) is 4.98 Å². The summed E-state index contributed by atoms with van der Waals surface area (Å²) in [4.78, 5) is 20.2. The molecule has 0 bridgehead atoms. The molecule has 10 heteroatoms. The van der Waals surface area contributed by atoms with Crippen LogP contribution >= 0.6 is 22.7 Å². The molecule has 0 fully saturated rings. The molecule has 0 aromatic carbocycles. The fourth-order valence-electron chi connectivity index (χ4n) is 2.75. The van der Waals surface area contributed by atoms with Crippen LogP contribution in [0.5, 0.6) is 0 Å². The fourth-order valence-corrected chi connectivity index (χ4v) is 4.39. The summed E-state index contributed by atoms with van der Waals surface area (Å²) in [6.45, 7) is 5.91. The molecule has 0 aliphatic carbocycles. The zero-order chi connectivity index (χ0) is 18.8. The summed E-state index contributed by atoms with van der Waals surface area (Å²) in [6.07, 6.45) is 0.980. The van der Waals surface area contributed by atoms with Crippen LogP contribution in [0.3, 0.4) is 0 Å².